The number of pyridine rings is 1. The molecule has 1 aromatic carbocycles. The Kier molecular flexibility index (Phi) is 7.94. The molecule has 2 heterocycles. The molecular weight excluding hydrogens is 392 g/mol. The van der Waals surface area contributed by atoms with Gasteiger partial charge in [0, 0.05) is 30.5 Å². The van der Waals surface area contributed by atoms with E-state index < -0.39 is 5.91 Å². The van der Waals surface area contributed by atoms with Crippen molar-refractivity contribution < 1.29 is 23.7 Å². The van der Waals surface area contributed by atoms with Crippen LogP contribution in [0.25, 0.3) is 10.1 Å². The number of rotatable bonds is 12. The number of nitrogens with two attached hydrogens (primary N) is 1. The molecule has 0 saturated carbocycles. The maximum Gasteiger partial charge on any atom is 0.258 e. The van der Waals surface area contributed by atoms with Gasteiger partial charge in [-0.05, 0) is 23.8 Å². The lowest BCUT2D eigenvalue weighted by molar-refractivity contribution is 0.0199. The predicted molar refractivity (Wildman–Crippen MR) is 111 cm³/mol. The lowest BCUT2D eigenvalue weighted by Gasteiger charge is -2.09. The molecule has 0 bridgehead atoms. The highest BCUT2D eigenvalue weighted by molar-refractivity contribution is 7.20. The molecule has 0 aliphatic heterocycles. The number of amides is 1. The van der Waals surface area contributed by atoms with E-state index in [-0.39, 0.29) is 0 Å². The second kappa shape index (κ2) is 10.9. The molecule has 3 aromatic rings. The first-order valence-electron chi connectivity index (χ1n) is 9.20. The maximum atomic E-state index is 11.4. The van der Waals surface area contributed by atoms with Crippen LogP contribution in [-0.4, -0.2) is 44.4 Å². The molecule has 154 valence electrons. The lowest BCUT2D eigenvalue weighted by atomic mass is 10.2. The van der Waals surface area contributed by atoms with E-state index in [1.165, 1.54) is 11.3 Å². The van der Waals surface area contributed by atoms with Crippen LogP contribution in [0.15, 0.2) is 42.7 Å². The van der Waals surface area contributed by atoms with Crippen molar-refractivity contribution in [2.45, 2.75) is 13.2 Å². The zero-order valence-corrected chi connectivity index (χ0v) is 17.1. The van der Waals surface area contributed by atoms with E-state index in [1.807, 2.05) is 24.3 Å². The maximum absolute atomic E-state index is 11.4. The standard InChI is InChI=1S/C21H24N2O5S/c1-25-6-7-26-8-9-27-13-15-2-4-17(5-3-15)28-14-16-11-23-12-20-18(16)10-19(29-20)21(22)24/h2-5,10-12H,6-9,13-14H2,1H3,(H2,22,24). The smallest absolute Gasteiger partial charge is 0.258 e. The van der Waals surface area contributed by atoms with Crippen molar-refractivity contribution in [3.05, 3.63) is 58.7 Å². The second-order valence-corrected chi connectivity index (χ2v) is 7.36. The molecule has 29 heavy (non-hydrogen) atoms. The van der Waals surface area contributed by atoms with Crippen molar-refractivity contribution in [2.75, 3.05) is 33.5 Å². The third-order valence-electron chi connectivity index (χ3n) is 4.16. The van der Waals surface area contributed by atoms with Crippen molar-refractivity contribution >= 4 is 27.3 Å². The molecule has 0 fully saturated rings. The van der Waals surface area contributed by atoms with Crippen LogP contribution in [0, 0.1) is 0 Å². The minimum Gasteiger partial charge on any atom is -0.489 e. The highest BCUT2D eigenvalue weighted by atomic mass is 32.1. The Morgan fingerprint density at radius 1 is 1.03 bits per heavy atom. The van der Waals surface area contributed by atoms with E-state index in [9.17, 15) is 4.79 Å². The summed E-state index contributed by atoms with van der Waals surface area (Å²) in [6.07, 6.45) is 3.48. The number of carbonyl (C=O) groups excluding carboxylic acids is 1. The van der Waals surface area contributed by atoms with Crippen molar-refractivity contribution in [3.8, 4) is 5.75 Å². The third-order valence-corrected chi connectivity index (χ3v) is 5.25. The molecule has 0 saturated heterocycles. The molecule has 8 heteroatoms. The van der Waals surface area contributed by atoms with Gasteiger partial charge in [0.2, 0.25) is 0 Å². The van der Waals surface area contributed by atoms with Crippen molar-refractivity contribution in [3.63, 3.8) is 0 Å². The first-order chi connectivity index (χ1) is 14.2. The van der Waals surface area contributed by atoms with Crippen molar-refractivity contribution in [1.82, 2.24) is 4.98 Å². The fraction of sp³-hybridized carbons (Fsp3) is 0.333. The predicted octanol–water partition coefficient (Wildman–Crippen LogP) is 3.15. The van der Waals surface area contributed by atoms with E-state index in [4.69, 9.17) is 24.7 Å². The van der Waals surface area contributed by atoms with Gasteiger partial charge in [0.1, 0.15) is 12.4 Å². The second-order valence-electron chi connectivity index (χ2n) is 6.28. The van der Waals surface area contributed by atoms with Gasteiger partial charge in [-0.3, -0.25) is 9.78 Å². The normalized spacial score (nSPS) is 11.1. The van der Waals surface area contributed by atoms with Crippen LogP contribution in [0.1, 0.15) is 20.8 Å². The molecule has 7 nitrogen and oxygen atoms in total. The molecule has 0 spiro atoms. The molecule has 3 rings (SSSR count). The summed E-state index contributed by atoms with van der Waals surface area (Å²) in [5.74, 6) is 0.316. The number of nitrogens with zero attached hydrogens (tertiary/aromatic N) is 1. The average Bonchev–Trinajstić information content (AvgIpc) is 3.18. The number of thiophene rings is 1. The van der Waals surface area contributed by atoms with E-state index in [1.54, 1.807) is 25.6 Å². The summed E-state index contributed by atoms with van der Waals surface area (Å²) < 4.78 is 22.6. The molecule has 0 radical (unpaired) electrons. The molecule has 0 aliphatic carbocycles. The number of methoxy groups -OCH3 is 1. The van der Waals surface area contributed by atoms with Gasteiger partial charge in [0.15, 0.2) is 0 Å². The van der Waals surface area contributed by atoms with Gasteiger partial charge in [0.05, 0.1) is 42.6 Å². The molecule has 0 atom stereocenters. The Hall–Kier alpha value is -2.52. The number of aromatic nitrogens is 1. The number of benzene rings is 1. The van der Waals surface area contributed by atoms with E-state index in [0.717, 1.165) is 27.0 Å². The number of primary amides is 1. The van der Waals surface area contributed by atoms with E-state index in [2.05, 4.69) is 4.98 Å². The van der Waals surface area contributed by atoms with Crippen LogP contribution in [-0.2, 0) is 27.4 Å². The Morgan fingerprint density at radius 2 is 1.79 bits per heavy atom. The number of hydrogen-bond donors (Lipinski definition) is 1. The number of fused-ring (bicyclic) bond motifs is 1. The zero-order valence-electron chi connectivity index (χ0n) is 16.3. The van der Waals surface area contributed by atoms with Crippen LogP contribution >= 0.6 is 11.3 Å². The lowest BCUT2D eigenvalue weighted by Crippen LogP contribution is -2.08. The molecular formula is C21H24N2O5S. The van der Waals surface area contributed by atoms with Gasteiger partial charge in [-0.1, -0.05) is 12.1 Å². The molecule has 0 unspecified atom stereocenters. The fourth-order valence-electron chi connectivity index (χ4n) is 2.65. The quantitative estimate of drug-likeness (QED) is 0.456. The van der Waals surface area contributed by atoms with Crippen LogP contribution in [0.4, 0.5) is 0 Å². The van der Waals surface area contributed by atoms with Gasteiger partial charge in [-0.15, -0.1) is 11.3 Å². The van der Waals surface area contributed by atoms with Gasteiger partial charge in [-0.2, -0.15) is 0 Å². The van der Waals surface area contributed by atoms with Crippen molar-refractivity contribution in [2.24, 2.45) is 5.73 Å². The summed E-state index contributed by atoms with van der Waals surface area (Å²) in [5, 5.41) is 0.941. The van der Waals surface area contributed by atoms with Crippen LogP contribution in [0.2, 0.25) is 0 Å². The summed E-state index contributed by atoms with van der Waals surface area (Å²) in [5.41, 5.74) is 7.34. The molecule has 1 amide bonds. The summed E-state index contributed by atoms with van der Waals surface area (Å²) in [4.78, 5) is 16.1. The monoisotopic (exact) mass is 416 g/mol. The largest absolute Gasteiger partial charge is 0.489 e. The summed E-state index contributed by atoms with van der Waals surface area (Å²) >= 11 is 1.34. The topological polar surface area (TPSA) is 92.9 Å². The Bertz CT molecular complexity index is 926. The summed E-state index contributed by atoms with van der Waals surface area (Å²) in [6.45, 7) is 3.11. The Morgan fingerprint density at radius 3 is 2.55 bits per heavy atom. The van der Waals surface area contributed by atoms with Crippen molar-refractivity contribution in [1.29, 1.82) is 0 Å². The SMILES string of the molecule is COCCOCCOCc1ccc(OCc2cncc3sc(C(N)=O)cc23)cc1. The zero-order chi connectivity index (χ0) is 20.5. The van der Waals surface area contributed by atoms with Crippen LogP contribution in [0.5, 0.6) is 5.75 Å². The summed E-state index contributed by atoms with van der Waals surface area (Å²) in [7, 11) is 1.65. The Balaban J connectivity index is 1.48. The number of carbonyl (C=O) groups is 1. The molecule has 2 aromatic heterocycles. The van der Waals surface area contributed by atoms with E-state index >= 15 is 0 Å². The van der Waals surface area contributed by atoms with Gasteiger partial charge in [-0.25, -0.2) is 0 Å². The van der Waals surface area contributed by atoms with Crippen LogP contribution < -0.4 is 10.5 Å². The first-order valence-corrected chi connectivity index (χ1v) is 10.0. The highest BCUT2D eigenvalue weighted by Gasteiger charge is 2.10. The molecule has 0 aliphatic rings. The van der Waals surface area contributed by atoms with Gasteiger partial charge >= 0.3 is 0 Å². The minimum absolute atomic E-state index is 0.355. The fourth-order valence-corrected chi connectivity index (χ4v) is 3.58. The highest BCUT2D eigenvalue weighted by Crippen LogP contribution is 2.28. The van der Waals surface area contributed by atoms with Gasteiger partial charge in [0.25, 0.3) is 5.91 Å². The van der Waals surface area contributed by atoms with Gasteiger partial charge < -0.3 is 24.7 Å². The van der Waals surface area contributed by atoms with E-state index in [0.29, 0.717) is 44.5 Å². The average molecular weight is 416 g/mol. The summed E-state index contributed by atoms with van der Waals surface area (Å²) in [6, 6.07) is 9.54. The molecule has 2 N–H and O–H groups in total. The third kappa shape index (κ3) is 6.23. The Labute approximate surface area is 173 Å². The first kappa shape index (κ1) is 21.2. The minimum atomic E-state index is -0.433. The number of hydrogen-bond acceptors (Lipinski definition) is 7. The number of ether oxygens (including phenoxy) is 4. The van der Waals surface area contributed by atoms with Crippen LogP contribution in [0.3, 0.4) is 0 Å².